The monoisotopic (exact) mass is 321 g/mol. The first-order valence-corrected chi connectivity index (χ1v) is 7.25. The minimum absolute atomic E-state index is 0.0809. The van der Waals surface area contributed by atoms with E-state index in [0.717, 1.165) is 5.56 Å². The number of ether oxygens (including phenoxy) is 3. The smallest absolute Gasteiger partial charge is 0.330 e. The molecule has 6 nitrogen and oxygen atoms in total. The molecule has 0 spiro atoms. The standard InChI is InChI=1S/C17H23NO5/c1-21-12-10-18(11-13-22-2)17(20)15-7-4-14(5-8-15)6-9-16(19)23-3/h4-9H,10-13H2,1-3H3. The van der Waals surface area contributed by atoms with E-state index in [1.165, 1.54) is 13.2 Å². The molecular weight excluding hydrogens is 298 g/mol. The molecule has 0 aromatic heterocycles. The highest BCUT2D eigenvalue weighted by Crippen LogP contribution is 2.09. The topological polar surface area (TPSA) is 65.1 Å². The van der Waals surface area contributed by atoms with Gasteiger partial charge in [-0.3, -0.25) is 4.79 Å². The van der Waals surface area contributed by atoms with Gasteiger partial charge in [0.25, 0.3) is 5.91 Å². The Hall–Kier alpha value is -2.18. The van der Waals surface area contributed by atoms with E-state index in [1.54, 1.807) is 49.5 Å². The number of hydrogen-bond donors (Lipinski definition) is 0. The third-order valence-corrected chi connectivity index (χ3v) is 3.19. The Balaban J connectivity index is 2.76. The van der Waals surface area contributed by atoms with E-state index in [4.69, 9.17) is 9.47 Å². The molecule has 0 atom stereocenters. The Morgan fingerprint density at radius 3 is 2.04 bits per heavy atom. The Bertz CT molecular complexity index is 516. The lowest BCUT2D eigenvalue weighted by Gasteiger charge is -2.22. The van der Waals surface area contributed by atoms with Crippen molar-refractivity contribution in [1.82, 2.24) is 4.90 Å². The number of carbonyl (C=O) groups excluding carboxylic acids is 2. The van der Waals surface area contributed by atoms with Crippen LogP contribution < -0.4 is 0 Å². The molecule has 0 aliphatic rings. The van der Waals surface area contributed by atoms with Gasteiger partial charge in [0.1, 0.15) is 0 Å². The largest absolute Gasteiger partial charge is 0.466 e. The van der Waals surface area contributed by atoms with Crippen LogP contribution in [0.4, 0.5) is 0 Å². The van der Waals surface area contributed by atoms with E-state index < -0.39 is 5.97 Å². The van der Waals surface area contributed by atoms with Crippen molar-refractivity contribution >= 4 is 18.0 Å². The minimum atomic E-state index is -0.421. The molecule has 0 aliphatic heterocycles. The molecule has 126 valence electrons. The first-order chi connectivity index (χ1) is 11.1. The molecule has 0 aliphatic carbocycles. The summed E-state index contributed by atoms with van der Waals surface area (Å²) in [7, 11) is 4.52. The van der Waals surface area contributed by atoms with Gasteiger partial charge in [0, 0.05) is 38.9 Å². The summed E-state index contributed by atoms with van der Waals surface area (Å²) in [6, 6.07) is 7.01. The summed E-state index contributed by atoms with van der Waals surface area (Å²) in [5.74, 6) is -0.502. The molecule has 0 saturated carbocycles. The van der Waals surface area contributed by atoms with Gasteiger partial charge in [-0.1, -0.05) is 12.1 Å². The summed E-state index contributed by atoms with van der Waals surface area (Å²) >= 11 is 0. The van der Waals surface area contributed by atoms with Crippen molar-refractivity contribution < 1.29 is 23.8 Å². The minimum Gasteiger partial charge on any atom is -0.466 e. The van der Waals surface area contributed by atoms with E-state index in [-0.39, 0.29) is 5.91 Å². The van der Waals surface area contributed by atoms with Gasteiger partial charge >= 0.3 is 5.97 Å². The highest BCUT2D eigenvalue weighted by Gasteiger charge is 2.15. The number of methoxy groups -OCH3 is 3. The number of amides is 1. The molecule has 0 unspecified atom stereocenters. The van der Waals surface area contributed by atoms with Gasteiger partial charge in [-0.05, 0) is 23.8 Å². The van der Waals surface area contributed by atoms with Crippen molar-refractivity contribution in [3.8, 4) is 0 Å². The second kappa shape index (κ2) is 10.5. The zero-order valence-corrected chi connectivity index (χ0v) is 13.8. The summed E-state index contributed by atoms with van der Waals surface area (Å²) in [6.07, 6.45) is 2.97. The molecule has 0 saturated heterocycles. The van der Waals surface area contributed by atoms with Gasteiger partial charge < -0.3 is 19.1 Å². The van der Waals surface area contributed by atoms with Gasteiger partial charge in [-0.25, -0.2) is 4.79 Å². The van der Waals surface area contributed by atoms with Crippen LogP contribution in [-0.4, -0.2) is 64.4 Å². The van der Waals surface area contributed by atoms with E-state index in [0.29, 0.717) is 31.9 Å². The normalized spacial score (nSPS) is 10.7. The van der Waals surface area contributed by atoms with Gasteiger partial charge in [-0.2, -0.15) is 0 Å². The molecule has 1 rings (SSSR count). The summed E-state index contributed by atoms with van der Waals surface area (Å²) in [5, 5.41) is 0. The maximum absolute atomic E-state index is 12.5. The number of benzene rings is 1. The quantitative estimate of drug-likeness (QED) is 0.511. The molecule has 0 radical (unpaired) electrons. The third kappa shape index (κ3) is 6.63. The SMILES string of the molecule is COCCN(CCOC)C(=O)c1ccc(C=CC(=O)OC)cc1. The van der Waals surface area contributed by atoms with Crippen molar-refractivity contribution in [2.45, 2.75) is 0 Å². The predicted molar refractivity (Wildman–Crippen MR) is 87.1 cm³/mol. The molecule has 0 bridgehead atoms. The molecule has 1 aromatic carbocycles. The van der Waals surface area contributed by atoms with Crippen LogP contribution in [0, 0.1) is 0 Å². The lowest BCUT2D eigenvalue weighted by atomic mass is 10.1. The van der Waals surface area contributed by atoms with Crippen molar-refractivity contribution in [3.63, 3.8) is 0 Å². The zero-order chi connectivity index (χ0) is 17.1. The molecule has 1 amide bonds. The van der Waals surface area contributed by atoms with Crippen LogP contribution in [0.5, 0.6) is 0 Å². The van der Waals surface area contributed by atoms with Crippen molar-refractivity contribution in [1.29, 1.82) is 0 Å². The third-order valence-electron chi connectivity index (χ3n) is 3.19. The van der Waals surface area contributed by atoms with Crippen molar-refractivity contribution in [3.05, 3.63) is 41.5 Å². The second-order valence-electron chi connectivity index (χ2n) is 4.76. The summed E-state index contributed by atoms with van der Waals surface area (Å²) in [5.41, 5.74) is 1.39. The van der Waals surface area contributed by atoms with E-state index in [9.17, 15) is 9.59 Å². The fraction of sp³-hybridized carbons (Fsp3) is 0.412. The fourth-order valence-corrected chi connectivity index (χ4v) is 1.87. The lowest BCUT2D eigenvalue weighted by Crippen LogP contribution is -2.36. The molecule has 6 heteroatoms. The summed E-state index contributed by atoms with van der Waals surface area (Å²) < 4.78 is 14.6. The average molecular weight is 321 g/mol. The van der Waals surface area contributed by atoms with Gasteiger partial charge in [-0.15, -0.1) is 0 Å². The van der Waals surface area contributed by atoms with Gasteiger partial charge in [0.2, 0.25) is 0 Å². The molecule has 23 heavy (non-hydrogen) atoms. The molecule has 0 heterocycles. The van der Waals surface area contributed by atoms with Crippen LogP contribution in [0.25, 0.3) is 6.08 Å². The highest BCUT2D eigenvalue weighted by atomic mass is 16.5. The number of carbonyl (C=O) groups is 2. The highest BCUT2D eigenvalue weighted by molar-refractivity contribution is 5.94. The van der Waals surface area contributed by atoms with Crippen LogP contribution >= 0.6 is 0 Å². The fourth-order valence-electron chi connectivity index (χ4n) is 1.87. The first-order valence-electron chi connectivity index (χ1n) is 7.25. The van der Waals surface area contributed by atoms with Crippen LogP contribution in [0.2, 0.25) is 0 Å². The van der Waals surface area contributed by atoms with Crippen LogP contribution in [0.15, 0.2) is 30.3 Å². The Kier molecular flexibility index (Phi) is 8.64. The maximum atomic E-state index is 12.5. The number of hydrogen-bond acceptors (Lipinski definition) is 5. The Labute approximate surface area is 136 Å². The van der Waals surface area contributed by atoms with Gasteiger partial charge in [0.15, 0.2) is 0 Å². The number of rotatable bonds is 9. The summed E-state index contributed by atoms with van der Waals surface area (Å²) in [6.45, 7) is 1.94. The number of esters is 1. The van der Waals surface area contributed by atoms with Crippen LogP contribution in [0.3, 0.4) is 0 Å². The van der Waals surface area contributed by atoms with Crippen molar-refractivity contribution in [2.75, 3.05) is 47.6 Å². The molecule has 0 N–H and O–H groups in total. The van der Waals surface area contributed by atoms with Crippen LogP contribution in [0.1, 0.15) is 15.9 Å². The lowest BCUT2D eigenvalue weighted by molar-refractivity contribution is -0.134. The van der Waals surface area contributed by atoms with E-state index in [1.807, 2.05) is 0 Å². The predicted octanol–water partition coefficient (Wildman–Crippen LogP) is 1.61. The van der Waals surface area contributed by atoms with E-state index in [2.05, 4.69) is 4.74 Å². The van der Waals surface area contributed by atoms with E-state index >= 15 is 0 Å². The molecular formula is C17H23NO5. The first kappa shape index (κ1) is 18.9. The Morgan fingerprint density at radius 2 is 1.57 bits per heavy atom. The molecule has 1 aromatic rings. The number of nitrogens with zero attached hydrogens (tertiary/aromatic N) is 1. The summed E-state index contributed by atoms with van der Waals surface area (Å²) in [4.78, 5) is 25.2. The van der Waals surface area contributed by atoms with Gasteiger partial charge in [0.05, 0.1) is 20.3 Å². The maximum Gasteiger partial charge on any atom is 0.330 e. The second-order valence-corrected chi connectivity index (χ2v) is 4.76. The molecule has 0 fully saturated rings. The van der Waals surface area contributed by atoms with Crippen molar-refractivity contribution in [2.24, 2.45) is 0 Å². The Morgan fingerprint density at radius 1 is 1.00 bits per heavy atom. The average Bonchev–Trinajstić information content (AvgIpc) is 2.59. The zero-order valence-electron chi connectivity index (χ0n) is 13.8. The van der Waals surface area contributed by atoms with Crippen LogP contribution in [-0.2, 0) is 19.0 Å².